The number of carboxylic acid groups (broad SMARTS) is 1. The van der Waals surface area contributed by atoms with Crippen molar-refractivity contribution in [3.63, 3.8) is 0 Å². The zero-order valence-corrected chi connectivity index (χ0v) is 12.0. The van der Waals surface area contributed by atoms with Crippen molar-refractivity contribution in [3.8, 4) is 0 Å². The van der Waals surface area contributed by atoms with Gasteiger partial charge in [0.2, 0.25) is 5.89 Å². The minimum absolute atomic E-state index is 0.0337. The van der Waals surface area contributed by atoms with Gasteiger partial charge in [0, 0.05) is 25.6 Å². The molecule has 0 aliphatic heterocycles. The summed E-state index contributed by atoms with van der Waals surface area (Å²) in [6.45, 7) is 5.29. The van der Waals surface area contributed by atoms with Gasteiger partial charge in [-0.2, -0.15) is 4.98 Å². The van der Waals surface area contributed by atoms with E-state index in [1.54, 1.807) is 20.8 Å². The van der Waals surface area contributed by atoms with E-state index in [0.29, 0.717) is 41.5 Å². The number of aromatic amines is 1. The molecular weight excluding hydrogens is 276 g/mol. The molecule has 0 bridgehead atoms. The van der Waals surface area contributed by atoms with Gasteiger partial charge >= 0.3 is 5.97 Å². The van der Waals surface area contributed by atoms with Gasteiger partial charge in [0.1, 0.15) is 5.69 Å². The molecule has 2 aromatic rings. The molecular formula is C13H16N4O4. The molecule has 0 spiro atoms. The number of H-pyrrole nitrogens is 1. The van der Waals surface area contributed by atoms with Crippen LogP contribution in [0.1, 0.15) is 43.8 Å². The third-order valence-corrected chi connectivity index (χ3v) is 3.08. The van der Waals surface area contributed by atoms with E-state index in [1.165, 1.54) is 0 Å². The van der Waals surface area contributed by atoms with Gasteiger partial charge in [0.25, 0.3) is 5.91 Å². The fourth-order valence-electron chi connectivity index (χ4n) is 2.12. The van der Waals surface area contributed by atoms with Crippen LogP contribution < -0.4 is 5.32 Å². The molecule has 1 amide bonds. The summed E-state index contributed by atoms with van der Waals surface area (Å²) in [5.74, 6) is -0.424. The highest BCUT2D eigenvalue weighted by Crippen LogP contribution is 2.17. The monoisotopic (exact) mass is 292 g/mol. The largest absolute Gasteiger partial charge is 0.477 e. The Morgan fingerprint density at radius 1 is 1.33 bits per heavy atom. The first-order valence-corrected chi connectivity index (χ1v) is 6.40. The zero-order chi connectivity index (χ0) is 15.6. The van der Waals surface area contributed by atoms with Crippen molar-refractivity contribution in [1.29, 1.82) is 0 Å². The van der Waals surface area contributed by atoms with Gasteiger partial charge < -0.3 is 19.9 Å². The SMILES string of the molecule is Cc1nc(CCNC(=O)c2c(C)[nH]c(C(=O)O)c2C)no1. The van der Waals surface area contributed by atoms with Crippen molar-refractivity contribution in [1.82, 2.24) is 20.4 Å². The molecule has 0 atom stereocenters. The second kappa shape index (κ2) is 5.78. The molecule has 21 heavy (non-hydrogen) atoms. The van der Waals surface area contributed by atoms with Gasteiger partial charge in [-0.25, -0.2) is 4.79 Å². The van der Waals surface area contributed by atoms with E-state index in [0.717, 1.165) is 0 Å². The zero-order valence-electron chi connectivity index (χ0n) is 12.0. The summed E-state index contributed by atoms with van der Waals surface area (Å²) in [5.41, 5.74) is 1.34. The number of rotatable bonds is 5. The van der Waals surface area contributed by atoms with Gasteiger partial charge in [-0.3, -0.25) is 4.79 Å². The second-order valence-corrected chi connectivity index (χ2v) is 4.67. The van der Waals surface area contributed by atoms with Crippen LogP contribution in [0.4, 0.5) is 0 Å². The number of hydrogen-bond donors (Lipinski definition) is 3. The number of carboxylic acids is 1. The Labute approximate surface area is 120 Å². The van der Waals surface area contributed by atoms with E-state index in [9.17, 15) is 9.59 Å². The Morgan fingerprint density at radius 2 is 2.05 bits per heavy atom. The summed E-state index contributed by atoms with van der Waals surface area (Å²) in [7, 11) is 0. The quantitative estimate of drug-likeness (QED) is 0.755. The summed E-state index contributed by atoms with van der Waals surface area (Å²) in [6.07, 6.45) is 0.442. The summed E-state index contributed by atoms with van der Waals surface area (Å²) in [5, 5.41) is 15.5. The number of aromatic carboxylic acids is 1. The Morgan fingerprint density at radius 3 is 2.57 bits per heavy atom. The molecule has 0 aliphatic carbocycles. The highest BCUT2D eigenvalue weighted by atomic mass is 16.5. The van der Waals surface area contributed by atoms with E-state index in [4.69, 9.17) is 9.63 Å². The summed E-state index contributed by atoms with van der Waals surface area (Å²) in [6, 6.07) is 0. The summed E-state index contributed by atoms with van der Waals surface area (Å²) >= 11 is 0. The maximum absolute atomic E-state index is 12.1. The standard InChI is InChI=1S/C13H16N4O4/c1-6-10(7(2)15-11(6)13(19)20)12(18)14-5-4-9-16-8(3)21-17-9/h15H,4-5H2,1-3H3,(H,14,18)(H,19,20). The highest BCUT2D eigenvalue weighted by molar-refractivity contribution is 6.00. The van der Waals surface area contributed by atoms with Crippen LogP contribution in [0.15, 0.2) is 4.52 Å². The van der Waals surface area contributed by atoms with Gasteiger partial charge in [-0.05, 0) is 19.4 Å². The maximum Gasteiger partial charge on any atom is 0.352 e. The first-order chi connectivity index (χ1) is 9.90. The number of nitrogens with zero attached hydrogens (tertiary/aromatic N) is 2. The van der Waals surface area contributed by atoms with Crippen molar-refractivity contribution in [2.75, 3.05) is 6.54 Å². The lowest BCUT2D eigenvalue weighted by atomic mass is 10.1. The summed E-state index contributed by atoms with van der Waals surface area (Å²) < 4.78 is 4.83. The van der Waals surface area contributed by atoms with Crippen LogP contribution in [0.25, 0.3) is 0 Å². The minimum Gasteiger partial charge on any atom is -0.477 e. The van der Waals surface area contributed by atoms with Crippen LogP contribution in [0, 0.1) is 20.8 Å². The molecule has 112 valence electrons. The van der Waals surface area contributed by atoms with E-state index in [2.05, 4.69) is 20.4 Å². The van der Waals surface area contributed by atoms with Crippen molar-refractivity contribution >= 4 is 11.9 Å². The predicted molar refractivity (Wildman–Crippen MR) is 72.3 cm³/mol. The lowest BCUT2D eigenvalue weighted by Gasteiger charge is -2.04. The lowest BCUT2D eigenvalue weighted by molar-refractivity contribution is 0.0690. The molecule has 0 aromatic carbocycles. The van der Waals surface area contributed by atoms with E-state index in [1.807, 2.05) is 0 Å². The minimum atomic E-state index is -1.09. The van der Waals surface area contributed by atoms with E-state index in [-0.39, 0.29) is 11.6 Å². The number of carbonyl (C=O) groups excluding carboxylic acids is 1. The second-order valence-electron chi connectivity index (χ2n) is 4.67. The van der Waals surface area contributed by atoms with Crippen LogP contribution in [0.5, 0.6) is 0 Å². The van der Waals surface area contributed by atoms with Crippen molar-refractivity contribution in [3.05, 3.63) is 34.2 Å². The van der Waals surface area contributed by atoms with Crippen molar-refractivity contribution in [2.45, 2.75) is 27.2 Å². The van der Waals surface area contributed by atoms with E-state index >= 15 is 0 Å². The van der Waals surface area contributed by atoms with Gasteiger partial charge in [-0.1, -0.05) is 5.16 Å². The number of amides is 1. The molecule has 0 aliphatic rings. The molecule has 0 saturated carbocycles. The topological polar surface area (TPSA) is 121 Å². The van der Waals surface area contributed by atoms with Crippen LogP contribution >= 0.6 is 0 Å². The van der Waals surface area contributed by atoms with Gasteiger partial charge in [-0.15, -0.1) is 0 Å². The molecule has 0 saturated heterocycles. The van der Waals surface area contributed by atoms with Gasteiger partial charge in [0.05, 0.1) is 5.56 Å². The van der Waals surface area contributed by atoms with Crippen LogP contribution in [0.2, 0.25) is 0 Å². The van der Waals surface area contributed by atoms with Crippen LogP contribution in [-0.2, 0) is 6.42 Å². The van der Waals surface area contributed by atoms with Crippen molar-refractivity contribution in [2.24, 2.45) is 0 Å². The Hall–Kier alpha value is -2.64. The maximum atomic E-state index is 12.1. The lowest BCUT2D eigenvalue weighted by Crippen LogP contribution is -2.26. The third kappa shape index (κ3) is 3.10. The van der Waals surface area contributed by atoms with E-state index < -0.39 is 5.97 Å². The average molecular weight is 292 g/mol. The molecule has 3 N–H and O–H groups in total. The number of hydrogen-bond acceptors (Lipinski definition) is 5. The molecule has 0 fully saturated rings. The Kier molecular flexibility index (Phi) is 4.06. The Bertz CT molecular complexity index is 686. The predicted octanol–water partition coefficient (Wildman–Crippen LogP) is 0.994. The number of aromatic nitrogens is 3. The molecule has 8 heteroatoms. The van der Waals surface area contributed by atoms with Gasteiger partial charge in [0.15, 0.2) is 5.82 Å². The smallest absolute Gasteiger partial charge is 0.352 e. The van der Waals surface area contributed by atoms with Crippen molar-refractivity contribution < 1.29 is 19.2 Å². The summed E-state index contributed by atoms with van der Waals surface area (Å²) in [4.78, 5) is 29.9. The fourth-order valence-corrected chi connectivity index (χ4v) is 2.12. The van der Waals surface area contributed by atoms with Crippen LogP contribution in [0.3, 0.4) is 0 Å². The normalized spacial score (nSPS) is 10.6. The number of aryl methyl sites for hydroxylation is 2. The first-order valence-electron chi connectivity index (χ1n) is 6.40. The molecule has 2 rings (SSSR count). The fraction of sp³-hybridized carbons (Fsp3) is 0.385. The molecule has 8 nitrogen and oxygen atoms in total. The molecule has 2 aromatic heterocycles. The number of carbonyl (C=O) groups is 2. The average Bonchev–Trinajstić information content (AvgIpc) is 2.93. The highest BCUT2D eigenvalue weighted by Gasteiger charge is 2.21. The molecule has 2 heterocycles. The third-order valence-electron chi connectivity index (χ3n) is 3.08. The molecule has 0 radical (unpaired) electrons. The molecule has 0 unspecified atom stereocenters. The number of nitrogens with one attached hydrogen (secondary N) is 2. The van der Waals surface area contributed by atoms with Crippen LogP contribution in [-0.4, -0.2) is 38.7 Å². The first kappa shape index (κ1) is 14.8. The Balaban J connectivity index is 2.02.